The van der Waals surface area contributed by atoms with Crippen molar-refractivity contribution in [1.29, 1.82) is 0 Å². The van der Waals surface area contributed by atoms with Gasteiger partial charge in [0.1, 0.15) is 16.0 Å². The third-order valence-electron chi connectivity index (χ3n) is 2.13. The smallest absolute Gasteiger partial charge is 0.137 e. The van der Waals surface area contributed by atoms with Crippen LogP contribution in [0.3, 0.4) is 0 Å². The van der Waals surface area contributed by atoms with E-state index in [1.165, 1.54) is 0 Å². The highest BCUT2D eigenvalue weighted by atomic mass is 35.5. The first-order chi connectivity index (χ1) is 7.67. The number of hydrogen-bond acceptors (Lipinski definition) is 4. The van der Waals surface area contributed by atoms with E-state index in [9.17, 15) is 0 Å². The zero-order valence-electron chi connectivity index (χ0n) is 9.20. The van der Waals surface area contributed by atoms with Crippen LogP contribution in [0.4, 0.5) is 0 Å². The van der Waals surface area contributed by atoms with Gasteiger partial charge in [0.15, 0.2) is 0 Å². The van der Waals surface area contributed by atoms with E-state index in [1.54, 1.807) is 17.4 Å². The number of hydrogen-bond donors (Lipinski definition) is 0. The van der Waals surface area contributed by atoms with Crippen molar-refractivity contribution in [2.75, 3.05) is 0 Å². The molecule has 0 spiro atoms. The van der Waals surface area contributed by atoms with Crippen molar-refractivity contribution in [1.82, 2.24) is 15.0 Å². The summed E-state index contributed by atoms with van der Waals surface area (Å²) in [5.41, 5.74) is 2.01. The molecule has 0 bridgehead atoms. The highest BCUT2D eigenvalue weighted by Gasteiger charge is 2.06. The lowest BCUT2D eigenvalue weighted by atomic mass is 10.3. The van der Waals surface area contributed by atoms with E-state index < -0.39 is 0 Å². The molecule has 3 nitrogen and oxygen atoms in total. The predicted molar refractivity (Wildman–Crippen MR) is 66.1 cm³/mol. The minimum absolute atomic E-state index is 0.509. The molecule has 0 aliphatic heterocycles. The van der Waals surface area contributed by atoms with Gasteiger partial charge in [0.05, 0.1) is 6.42 Å². The molecule has 0 atom stereocenters. The van der Waals surface area contributed by atoms with Crippen LogP contribution in [-0.4, -0.2) is 15.0 Å². The molecule has 2 aromatic heterocycles. The average molecular weight is 254 g/mol. The predicted octanol–water partition coefficient (Wildman–Crippen LogP) is 3.05. The van der Waals surface area contributed by atoms with Crippen molar-refractivity contribution in [3.63, 3.8) is 0 Å². The van der Waals surface area contributed by atoms with Gasteiger partial charge >= 0.3 is 0 Å². The van der Waals surface area contributed by atoms with Crippen LogP contribution in [0.2, 0.25) is 5.15 Å². The first kappa shape index (κ1) is 11.5. The molecule has 0 unspecified atom stereocenters. The lowest BCUT2D eigenvalue weighted by Crippen LogP contribution is -2.00. The van der Waals surface area contributed by atoms with Crippen LogP contribution in [0.1, 0.15) is 29.1 Å². The maximum Gasteiger partial charge on any atom is 0.137 e. The Hall–Kier alpha value is -1.00. The summed E-state index contributed by atoms with van der Waals surface area (Å²) >= 11 is 7.56. The maximum atomic E-state index is 5.93. The Labute approximate surface area is 104 Å². The summed E-state index contributed by atoms with van der Waals surface area (Å²) in [4.78, 5) is 13.0. The van der Waals surface area contributed by atoms with Gasteiger partial charge in [-0.05, 0) is 19.4 Å². The Balaban J connectivity index is 2.24. The zero-order chi connectivity index (χ0) is 11.5. The summed E-state index contributed by atoms with van der Waals surface area (Å²) in [5, 5.41) is 3.57. The van der Waals surface area contributed by atoms with Crippen molar-refractivity contribution < 1.29 is 0 Å². The van der Waals surface area contributed by atoms with Crippen LogP contribution in [0.5, 0.6) is 0 Å². The second-order valence-corrected chi connectivity index (χ2v) is 4.84. The average Bonchev–Trinajstić information content (AvgIpc) is 2.63. The zero-order valence-corrected chi connectivity index (χ0v) is 10.8. The van der Waals surface area contributed by atoms with Gasteiger partial charge in [-0.25, -0.2) is 15.0 Å². The highest BCUT2D eigenvalue weighted by Crippen LogP contribution is 2.14. The van der Waals surface area contributed by atoms with Crippen molar-refractivity contribution in [3.8, 4) is 0 Å². The van der Waals surface area contributed by atoms with Crippen molar-refractivity contribution in [2.45, 2.75) is 26.7 Å². The number of rotatable bonds is 3. The van der Waals surface area contributed by atoms with E-state index in [4.69, 9.17) is 11.6 Å². The number of aryl methyl sites for hydroxylation is 2. The molecular weight excluding hydrogens is 242 g/mol. The first-order valence-electron chi connectivity index (χ1n) is 5.10. The molecule has 84 valence electrons. The molecule has 2 rings (SSSR count). The quantitative estimate of drug-likeness (QED) is 0.790. The third-order valence-corrected chi connectivity index (χ3v) is 3.29. The van der Waals surface area contributed by atoms with Gasteiger partial charge in [0.25, 0.3) is 0 Å². The molecule has 0 aromatic carbocycles. The van der Waals surface area contributed by atoms with Gasteiger partial charge < -0.3 is 0 Å². The van der Waals surface area contributed by atoms with Crippen LogP contribution < -0.4 is 0 Å². The van der Waals surface area contributed by atoms with E-state index in [1.807, 2.05) is 12.3 Å². The summed E-state index contributed by atoms with van der Waals surface area (Å²) in [5.74, 6) is 0.749. The molecule has 0 aliphatic carbocycles. The minimum Gasteiger partial charge on any atom is -0.246 e. The number of nitrogens with zero attached hydrogens (tertiary/aromatic N) is 3. The lowest BCUT2D eigenvalue weighted by Gasteiger charge is -2.01. The van der Waals surface area contributed by atoms with Crippen LogP contribution in [-0.2, 0) is 12.8 Å². The second-order valence-electron chi connectivity index (χ2n) is 3.51. The molecule has 0 fully saturated rings. The molecule has 0 saturated heterocycles. The standard InChI is InChI=1S/C11H12ClN3S/c1-3-8-4-9(12)15-10(14-8)5-11-13-7(2)6-16-11/h4,6H,3,5H2,1-2H3. The van der Waals surface area contributed by atoms with E-state index >= 15 is 0 Å². The molecule has 2 aromatic rings. The van der Waals surface area contributed by atoms with Gasteiger partial charge in [-0.2, -0.15) is 0 Å². The fraction of sp³-hybridized carbons (Fsp3) is 0.364. The highest BCUT2D eigenvalue weighted by molar-refractivity contribution is 7.09. The fourth-order valence-electron chi connectivity index (χ4n) is 1.40. The summed E-state index contributed by atoms with van der Waals surface area (Å²) in [6.45, 7) is 4.03. The van der Waals surface area contributed by atoms with Crippen LogP contribution in [0.25, 0.3) is 0 Å². The topological polar surface area (TPSA) is 38.7 Å². The normalized spacial score (nSPS) is 10.7. The molecule has 0 radical (unpaired) electrons. The number of thiazole rings is 1. The lowest BCUT2D eigenvalue weighted by molar-refractivity contribution is 0.898. The Morgan fingerprint density at radius 1 is 1.31 bits per heavy atom. The van der Waals surface area contributed by atoms with Gasteiger partial charge in [-0.15, -0.1) is 11.3 Å². The Bertz CT molecular complexity index is 496. The molecule has 2 heterocycles. The largest absolute Gasteiger partial charge is 0.246 e. The number of aromatic nitrogens is 3. The fourth-order valence-corrected chi connectivity index (χ4v) is 2.39. The number of halogens is 1. The molecule has 16 heavy (non-hydrogen) atoms. The van der Waals surface area contributed by atoms with Crippen molar-refractivity contribution in [2.24, 2.45) is 0 Å². The first-order valence-corrected chi connectivity index (χ1v) is 6.36. The van der Waals surface area contributed by atoms with Gasteiger partial charge in [0.2, 0.25) is 0 Å². The molecule has 0 amide bonds. The van der Waals surface area contributed by atoms with Gasteiger partial charge in [0, 0.05) is 16.8 Å². The van der Waals surface area contributed by atoms with E-state index in [-0.39, 0.29) is 0 Å². The van der Waals surface area contributed by atoms with E-state index in [0.29, 0.717) is 11.6 Å². The summed E-state index contributed by atoms with van der Waals surface area (Å²) < 4.78 is 0. The summed E-state index contributed by atoms with van der Waals surface area (Å²) in [6.07, 6.45) is 1.53. The Morgan fingerprint density at radius 2 is 2.12 bits per heavy atom. The molecule has 0 aliphatic rings. The molecule has 0 saturated carbocycles. The monoisotopic (exact) mass is 253 g/mol. The third kappa shape index (κ3) is 2.77. The van der Waals surface area contributed by atoms with Crippen LogP contribution in [0, 0.1) is 6.92 Å². The van der Waals surface area contributed by atoms with Gasteiger partial charge in [-0.1, -0.05) is 18.5 Å². The summed E-state index contributed by atoms with van der Waals surface area (Å²) in [7, 11) is 0. The van der Waals surface area contributed by atoms with Crippen LogP contribution >= 0.6 is 22.9 Å². The maximum absolute atomic E-state index is 5.93. The Morgan fingerprint density at radius 3 is 2.75 bits per heavy atom. The second kappa shape index (κ2) is 4.89. The molecular formula is C11H12ClN3S. The van der Waals surface area contributed by atoms with E-state index in [2.05, 4.69) is 21.9 Å². The molecule has 0 N–H and O–H groups in total. The minimum atomic E-state index is 0.509. The van der Waals surface area contributed by atoms with Gasteiger partial charge in [-0.3, -0.25) is 0 Å². The van der Waals surface area contributed by atoms with E-state index in [0.717, 1.165) is 28.6 Å². The molecule has 5 heteroatoms. The summed E-state index contributed by atoms with van der Waals surface area (Å²) in [6, 6.07) is 1.80. The Kier molecular flexibility index (Phi) is 3.51. The van der Waals surface area contributed by atoms with Crippen LogP contribution in [0.15, 0.2) is 11.4 Å². The van der Waals surface area contributed by atoms with Crippen molar-refractivity contribution >= 4 is 22.9 Å². The SMILES string of the molecule is CCc1cc(Cl)nc(Cc2nc(C)cs2)n1. The van der Waals surface area contributed by atoms with Crippen molar-refractivity contribution in [3.05, 3.63) is 38.8 Å².